The van der Waals surface area contributed by atoms with Gasteiger partial charge in [-0.05, 0) is 87.3 Å². The Hall–Kier alpha value is -8.55. The van der Waals surface area contributed by atoms with Crippen LogP contribution in [0.3, 0.4) is 0 Å². The van der Waals surface area contributed by atoms with Crippen molar-refractivity contribution in [3.05, 3.63) is 200 Å². The molecular formula is C55H33N7. The van der Waals surface area contributed by atoms with Crippen LogP contribution in [-0.4, -0.2) is 33.9 Å². The molecule has 0 amide bonds. The molecule has 9 aromatic carbocycles. The van der Waals surface area contributed by atoms with Gasteiger partial charge in [-0.25, -0.2) is 24.9 Å². The quantitative estimate of drug-likeness (QED) is 0.174. The lowest BCUT2D eigenvalue weighted by molar-refractivity contribution is 0.979. The smallest absolute Gasteiger partial charge is 0.221 e. The van der Waals surface area contributed by atoms with Crippen molar-refractivity contribution in [2.45, 2.75) is 0 Å². The largest absolute Gasteiger partial charge is 0.279 e. The van der Waals surface area contributed by atoms with Gasteiger partial charge in [-0.1, -0.05) is 146 Å². The predicted molar refractivity (Wildman–Crippen MR) is 252 cm³/mol. The van der Waals surface area contributed by atoms with Crippen LogP contribution in [0, 0.1) is 0 Å². The van der Waals surface area contributed by atoms with Crippen molar-refractivity contribution in [1.82, 2.24) is 33.9 Å². The first-order chi connectivity index (χ1) is 30.7. The zero-order chi connectivity index (χ0) is 40.7. The van der Waals surface area contributed by atoms with Gasteiger partial charge in [0.25, 0.3) is 0 Å². The zero-order valence-electron chi connectivity index (χ0n) is 33.2. The van der Waals surface area contributed by atoms with Gasteiger partial charge in [-0.2, -0.15) is 0 Å². The fourth-order valence-corrected chi connectivity index (χ4v) is 9.16. The summed E-state index contributed by atoms with van der Waals surface area (Å²) in [7, 11) is 0. The first-order valence-corrected chi connectivity index (χ1v) is 20.8. The van der Waals surface area contributed by atoms with E-state index in [9.17, 15) is 0 Å². The number of rotatable bonds is 5. The van der Waals surface area contributed by atoms with Gasteiger partial charge < -0.3 is 0 Å². The minimum atomic E-state index is 0.597. The first kappa shape index (κ1) is 34.3. The van der Waals surface area contributed by atoms with Crippen molar-refractivity contribution in [3.63, 3.8) is 0 Å². The van der Waals surface area contributed by atoms with Gasteiger partial charge in [0.1, 0.15) is 5.65 Å². The Morgan fingerprint density at radius 3 is 1.69 bits per heavy atom. The van der Waals surface area contributed by atoms with Gasteiger partial charge in [-0.3, -0.25) is 8.97 Å². The van der Waals surface area contributed by atoms with Gasteiger partial charge >= 0.3 is 0 Å². The lowest BCUT2D eigenvalue weighted by Crippen LogP contribution is -2.06. The molecule has 0 N–H and O–H groups in total. The molecule has 288 valence electrons. The molecule has 13 aromatic rings. The summed E-state index contributed by atoms with van der Waals surface area (Å²) in [5, 5.41) is 7.82. The molecule has 0 atom stereocenters. The van der Waals surface area contributed by atoms with Gasteiger partial charge in [0.2, 0.25) is 5.95 Å². The molecule has 0 spiro atoms. The van der Waals surface area contributed by atoms with Crippen LogP contribution in [0.5, 0.6) is 0 Å². The lowest BCUT2D eigenvalue weighted by atomic mass is 10.0. The number of hydrogen-bond donors (Lipinski definition) is 0. The SMILES string of the molecule is c1ccc(-c2ccc(-c3nc(-c4ccc5ccccc5c4)nc(-c4ccc5c(c4)c4c6ccccc6ccc4n5-c4nc5ccccc5c5nc6ccccc6n45)n3)cc2)cc1. The molecule has 0 fully saturated rings. The molecule has 4 aromatic heterocycles. The van der Waals surface area contributed by atoms with Crippen LogP contribution in [-0.2, 0) is 0 Å². The Morgan fingerprint density at radius 2 is 0.871 bits per heavy atom. The molecule has 0 saturated carbocycles. The van der Waals surface area contributed by atoms with E-state index in [0.29, 0.717) is 17.5 Å². The van der Waals surface area contributed by atoms with Gasteiger partial charge in [0.05, 0.1) is 27.6 Å². The number of para-hydroxylation sites is 3. The summed E-state index contributed by atoms with van der Waals surface area (Å²) in [5.41, 5.74) is 10.8. The van der Waals surface area contributed by atoms with E-state index in [1.165, 1.54) is 0 Å². The molecule has 0 aliphatic heterocycles. The highest BCUT2D eigenvalue weighted by Gasteiger charge is 2.22. The maximum atomic E-state index is 5.42. The summed E-state index contributed by atoms with van der Waals surface area (Å²) < 4.78 is 4.50. The predicted octanol–water partition coefficient (Wildman–Crippen LogP) is 13.3. The Morgan fingerprint density at radius 1 is 0.306 bits per heavy atom. The maximum absolute atomic E-state index is 5.42. The highest BCUT2D eigenvalue weighted by Crippen LogP contribution is 2.40. The third kappa shape index (κ3) is 5.35. The van der Waals surface area contributed by atoms with Crippen LogP contribution in [0.1, 0.15) is 0 Å². The number of aromatic nitrogens is 7. The molecule has 0 aliphatic carbocycles. The highest BCUT2D eigenvalue weighted by molar-refractivity contribution is 6.22. The highest BCUT2D eigenvalue weighted by atomic mass is 15.2. The Kier molecular flexibility index (Phi) is 7.47. The van der Waals surface area contributed by atoms with Crippen LogP contribution in [0.15, 0.2) is 200 Å². The van der Waals surface area contributed by atoms with Crippen LogP contribution in [0.2, 0.25) is 0 Å². The normalized spacial score (nSPS) is 11.9. The molecule has 0 saturated heterocycles. The molecule has 7 heteroatoms. The van der Waals surface area contributed by atoms with E-state index >= 15 is 0 Å². The van der Waals surface area contributed by atoms with E-state index in [1.807, 2.05) is 18.2 Å². The average Bonchev–Trinajstić information content (AvgIpc) is 3.90. The minimum Gasteiger partial charge on any atom is -0.279 e. The summed E-state index contributed by atoms with van der Waals surface area (Å²) in [4.78, 5) is 26.2. The molecule has 0 aliphatic rings. The molecule has 0 bridgehead atoms. The second kappa shape index (κ2) is 13.5. The van der Waals surface area contributed by atoms with Crippen molar-refractivity contribution in [2.75, 3.05) is 0 Å². The van der Waals surface area contributed by atoms with Crippen LogP contribution < -0.4 is 0 Å². The average molecular weight is 792 g/mol. The first-order valence-electron chi connectivity index (χ1n) is 20.8. The van der Waals surface area contributed by atoms with E-state index in [1.54, 1.807) is 0 Å². The monoisotopic (exact) mass is 791 g/mol. The molecule has 7 nitrogen and oxygen atoms in total. The summed E-state index contributed by atoms with van der Waals surface area (Å²) in [6.07, 6.45) is 0. The van der Waals surface area contributed by atoms with E-state index in [2.05, 4.69) is 191 Å². The minimum absolute atomic E-state index is 0.597. The summed E-state index contributed by atoms with van der Waals surface area (Å²) in [5.74, 6) is 2.60. The van der Waals surface area contributed by atoms with Crippen molar-refractivity contribution in [1.29, 1.82) is 0 Å². The van der Waals surface area contributed by atoms with Crippen molar-refractivity contribution < 1.29 is 0 Å². The molecule has 13 rings (SSSR count). The Bertz CT molecular complexity index is 3920. The van der Waals surface area contributed by atoms with E-state index in [-0.39, 0.29) is 0 Å². The second-order valence-electron chi connectivity index (χ2n) is 15.7. The van der Waals surface area contributed by atoms with Crippen LogP contribution >= 0.6 is 0 Å². The van der Waals surface area contributed by atoms with E-state index < -0.39 is 0 Å². The standard InChI is InChI=1S/C55H33N7/c1-2-12-34(13-3-1)36-22-25-38(26-23-36)51-58-52(40-27-24-35-14-4-5-16-39(35)32-40)60-53(59-51)41-29-30-47-44(33-41)50-42-17-7-6-15-37(42)28-31-49(50)61(47)55-57-45-19-9-8-18-43(45)54-56-46-20-10-11-21-48(46)62(54)55/h1-33H. The number of nitrogens with zero attached hydrogens (tertiary/aromatic N) is 7. The number of hydrogen-bond acceptors (Lipinski definition) is 5. The second-order valence-corrected chi connectivity index (χ2v) is 15.7. The van der Waals surface area contributed by atoms with E-state index in [4.69, 9.17) is 24.9 Å². The molecule has 0 unspecified atom stereocenters. The van der Waals surface area contributed by atoms with Gasteiger partial charge in [0.15, 0.2) is 17.5 Å². The summed E-state index contributed by atoms with van der Waals surface area (Å²) >= 11 is 0. The number of benzene rings is 9. The van der Waals surface area contributed by atoms with Crippen molar-refractivity contribution in [2.24, 2.45) is 0 Å². The zero-order valence-corrected chi connectivity index (χ0v) is 33.2. The molecular weight excluding hydrogens is 759 g/mol. The Labute approximate surface area is 354 Å². The fourth-order valence-electron chi connectivity index (χ4n) is 9.16. The third-order valence-electron chi connectivity index (χ3n) is 12.1. The number of fused-ring (bicyclic) bond motifs is 11. The Balaban J connectivity index is 1.07. The molecule has 62 heavy (non-hydrogen) atoms. The maximum Gasteiger partial charge on any atom is 0.221 e. The van der Waals surface area contributed by atoms with Gasteiger partial charge in [0, 0.05) is 32.8 Å². The summed E-state index contributed by atoms with van der Waals surface area (Å²) in [6.45, 7) is 0. The lowest BCUT2D eigenvalue weighted by Gasteiger charge is -2.13. The van der Waals surface area contributed by atoms with E-state index in [0.717, 1.165) is 105 Å². The van der Waals surface area contributed by atoms with Crippen LogP contribution in [0.4, 0.5) is 0 Å². The molecule has 4 heterocycles. The van der Waals surface area contributed by atoms with Crippen LogP contribution in [0.25, 0.3) is 122 Å². The molecule has 0 radical (unpaired) electrons. The van der Waals surface area contributed by atoms with Gasteiger partial charge in [-0.15, -0.1) is 0 Å². The summed E-state index contributed by atoms with van der Waals surface area (Å²) in [6, 6.07) is 69.8. The van der Waals surface area contributed by atoms with Crippen molar-refractivity contribution >= 4 is 70.9 Å². The fraction of sp³-hybridized carbons (Fsp3) is 0. The number of imidazole rings is 1. The third-order valence-corrected chi connectivity index (χ3v) is 12.1. The van der Waals surface area contributed by atoms with Crippen molar-refractivity contribution in [3.8, 4) is 51.2 Å². The topological polar surface area (TPSA) is 73.8 Å².